The topological polar surface area (TPSA) is 43.4 Å². The van der Waals surface area contributed by atoms with Gasteiger partial charge in [0.15, 0.2) is 0 Å². The van der Waals surface area contributed by atoms with Crippen LogP contribution in [0.1, 0.15) is 24.2 Å². The average molecular weight is 212 g/mol. The summed E-state index contributed by atoms with van der Waals surface area (Å²) in [6.45, 7) is 1.78. The van der Waals surface area contributed by atoms with Crippen molar-refractivity contribution in [2.45, 2.75) is 24.7 Å². The second kappa shape index (κ2) is 3.37. The Morgan fingerprint density at radius 1 is 1.29 bits per heavy atom. The number of benzene rings is 1. The van der Waals surface area contributed by atoms with Crippen molar-refractivity contribution in [3.8, 4) is 0 Å². The largest absolute Gasteiger partial charge is 0.274 e. The lowest BCUT2D eigenvalue weighted by atomic mass is 10.1. The first kappa shape index (κ1) is 9.68. The van der Waals surface area contributed by atoms with Crippen molar-refractivity contribution in [3.63, 3.8) is 0 Å². The zero-order valence-electron chi connectivity index (χ0n) is 7.88. The zero-order chi connectivity index (χ0) is 10.2. The van der Waals surface area contributed by atoms with Crippen LogP contribution in [0, 0.1) is 0 Å². The van der Waals surface area contributed by atoms with Crippen LogP contribution in [0.5, 0.6) is 0 Å². The Hall–Kier alpha value is -0.870. The minimum absolute atomic E-state index is 0.204. The van der Waals surface area contributed by atoms with Crippen molar-refractivity contribution in [3.05, 3.63) is 35.9 Å². The van der Waals surface area contributed by atoms with Gasteiger partial charge in [0.1, 0.15) is 5.25 Å². The Kier molecular flexibility index (Phi) is 2.33. The molecule has 0 unspecified atom stereocenters. The van der Waals surface area contributed by atoms with Gasteiger partial charge < -0.3 is 0 Å². The monoisotopic (exact) mass is 212 g/mol. The molecule has 0 N–H and O–H groups in total. The quantitative estimate of drug-likeness (QED) is 0.667. The van der Waals surface area contributed by atoms with Gasteiger partial charge in [-0.2, -0.15) is 8.42 Å². The van der Waals surface area contributed by atoms with Crippen LogP contribution in [0.15, 0.2) is 30.3 Å². The van der Waals surface area contributed by atoms with Crippen LogP contribution in [-0.4, -0.2) is 14.5 Å². The van der Waals surface area contributed by atoms with Crippen LogP contribution >= 0.6 is 0 Å². The molecule has 1 aromatic carbocycles. The van der Waals surface area contributed by atoms with E-state index in [1.165, 1.54) is 0 Å². The Bertz CT molecular complexity index is 410. The summed E-state index contributed by atoms with van der Waals surface area (Å²) >= 11 is 0. The van der Waals surface area contributed by atoms with Crippen LogP contribution in [0.2, 0.25) is 0 Å². The molecule has 0 saturated carbocycles. The smallest absolute Gasteiger partial charge is 0.267 e. The van der Waals surface area contributed by atoms with E-state index in [9.17, 15) is 8.42 Å². The summed E-state index contributed by atoms with van der Waals surface area (Å²) in [4.78, 5) is 0. The molecule has 1 saturated heterocycles. The number of hydrogen-bond acceptors (Lipinski definition) is 3. The maximum Gasteiger partial charge on any atom is 0.274 e. The van der Waals surface area contributed by atoms with E-state index in [2.05, 4.69) is 0 Å². The van der Waals surface area contributed by atoms with Crippen molar-refractivity contribution >= 4 is 10.1 Å². The first-order chi connectivity index (χ1) is 6.59. The molecule has 14 heavy (non-hydrogen) atoms. The summed E-state index contributed by atoms with van der Waals surface area (Å²) in [7, 11) is -3.39. The highest BCUT2D eigenvalue weighted by molar-refractivity contribution is 7.87. The first-order valence-corrected chi connectivity index (χ1v) is 6.04. The number of rotatable bonds is 1. The predicted octanol–water partition coefficient (Wildman–Crippen LogP) is 1.87. The minimum Gasteiger partial charge on any atom is -0.267 e. The average Bonchev–Trinajstić information content (AvgIpc) is 2.41. The van der Waals surface area contributed by atoms with E-state index < -0.39 is 15.4 Å². The van der Waals surface area contributed by atoms with Gasteiger partial charge in [-0.3, -0.25) is 4.18 Å². The van der Waals surface area contributed by atoms with Gasteiger partial charge in [-0.25, -0.2) is 0 Å². The fraction of sp³-hybridized carbons (Fsp3) is 0.400. The molecule has 1 fully saturated rings. The lowest BCUT2D eigenvalue weighted by Crippen LogP contribution is -2.06. The third-order valence-corrected chi connectivity index (χ3v) is 4.12. The van der Waals surface area contributed by atoms with E-state index >= 15 is 0 Å². The minimum atomic E-state index is -3.39. The van der Waals surface area contributed by atoms with Crippen molar-refractivity contribution in [1.82, 2.24) is 0 Å². The van der Waals surface area contributed by atoms with Gasteiger partial charge in [0.2, 0.25) is 0 Å². The number of hydrogen-bond donors (Lipinski definition) is 0. The third kappa shape index (κ3) is 1.67. The van der Waals surface area contributed by atoms with Gasteiger partial charge >= 0.3 is 0 Å². The van der Waals surface area contributed by atoms with Gasteiger partial charge in [0, 0.05) is 0 Å². The van der Waals surface area contributed by atoms with Crippen LogP contribution in [0.3, 0.4) is 0 Å². The Morgan fingerprint density at radius 3 is 2.43 bits per heavy atom. The molecule has 1 aromatic rings. The summed E-state index contributed by atoms with van der Waals surface area (Å²) in [5, 5.41) is -0.487. The SMILES string of the molecule is C[C@H]1C[C@H](c2ccccc2)S(=O)(=O)O1. The molecule has 1 aliphatic rings. The van der Waals surface area contributed by atoms with Crippen molar-refractivity contribution in [2.24, 2.45) is 0 Å². The lowest BCUT2D eigenvalue weighted by molar-refractivity contribution is 0.257. The highest BCUT2D eigenvalue weighted by Crippen LogP contribution is 2.36. The van der Waals surface area contributed by atoms with Crippen LogP contribution < -0.4 is 0 Å². The second-order valence-corrected chi connectivity index (χ2v) is 5.28. The Balaban J connectivity index is 2.37. The van der Waals surface area contributed by atoms with E-state index in [0.29, 0.717) is 6.42 Å². The zero-order valence-corrected chi connectivity index (χ0v) is 8.70. The molecule has 3 nitrogen and oxygen atoms in total. The first-order valence-electron chi connectivity index (χ1n) is 4.56. The highest BCUT2D eigenvalue weighted by atomic mass is 32.2. The van der Waals surface area contributed by atoms with E-state index in [1.54, 1.807) is 6.92 Å². The van der Waals surface area contributed by atoms with E-state index in [-0.39, 0.29) is 6.10 Å². The summed E-state index contributed by atoms with van der Waals surface area (Å²) < 4.78 is 28.0. The fourth-order valence-electron chi connectivity index (χ4n) is 1.73. The van der Waals surface area contributed by atoms with Gasteiger partial charge in [-0.15, -0.1) is 0 Å². The second-order valence-electron chi connectivity index (χ2n) is 3.53. The summed E-state index contributed by atoms with van der Waals surface area (Å²) in [6.07, 6.45) is 0.344. The molecule has 76 valence electrons. The molecule has 2 atom stereocenters. The molecule has 0 spiro atoms. The molecule has 0 amide bonds. The van der Waals surface area contributed by atoms with Crippen molar-refractivity contribution in [1.29, 1.82) is 0 Å². The van der Waals surface area contributed by atoms with E-state index in [0.717, 1.165) is 5.56 Å². The fourth-order valence-corrected chi connectivity index (χ4v) is 3.39. The molecule has 0 bridgehead atoms. The highest BCUT2D eigenvalue weighted by Gasteiger charge is 2.38. The van der Waals surface area contributed by atoms with Crippen LogP contribution in [-0.2, 0) is 14.3 Å². The van der Waals surface area contributed by atoms with Gasteiger partial charge in [-0.1, -0.05) is 30.3 Å². The standard InChI is InChI=1S/C10H12O3S/c1-8-7-10(14(11,12)13-8)9-5-3-2-4-6-9/h2-6,8,10H,7H2,1H3/t8-,10+/m0/s1. The molecule has 1 aliphatic heterocycles. The molecule has 1 heterocycles. The summed E-state index contributed by atoms with van der Waals surface area (Å²) in [5.41, 5.74) is 0.817. The molecule has 0 aliphatic carbocycles. The van der Waals surface area contributed by atoms with Crippen LogP contribution in [0.25, 0.3) is 0 Å². The predicted molar refractivity (Wildman–Crippen MR) is 53.3 cm³/mol. The molecular weight excluding hydrogens is 200 g/mol. The van der Waals surface area contributed by atoms with Gasteiger partial charge in [0.05, 0.1) is 6.10 Å². The van der Waals surface area contributed by atoms with Gasteiger partial charge in [0.25, 0.3) is 10.1 Å². The molecule has 0 aromatic heterocycles. The van der Waals surface area contributed by atoms with Gasteiger partial charge in [-0.05, 0) is 18.9 Å². The normalized spacial score (nSPS) is 30.4. The molecule has 2 rings (SSSR count). The van der Waals surface area contributed by atoms with Crippen LogP contribution in [0.4, 0.5) is 0 Å². The molecule has 0 radical (unpaired) electrons. The summed E-state index contributed by atoms with van der Waals surface area (Å²) in [6, 6.07) is 9.20. The Morgan fingerprint density at radius 2 is 1.93 bits per heavy atom. The van der Waals surface area contributed by atoms with E-state index in [1.807, 2.05) is 30.3 Å². The maximum atomic E-state index is 11.6. The molecule has 4 heteroatoms. The Labute approximate surface area is 83.8 Å². The molecular formula is C10H12O3S. The van der Waals surface area contributed by atoms with Crippen molar-refractivity contribution in [2.75, 3.05) is 0 Å². The summed E-state index contributed by atoms with van der Waals surface area (Å²) in [5.74, 6) is 0. The third-order valence-electron chi connectivity index (χ3n) is 2.36. The van der Waals surface area contributed by atoms with Crippen molar-refractivity contribution < 1.29 is 12.6 Å². The lowest BCUT2D eigenvalue weighted by Gasteiger charge is -2.06. The van der Waals surface area contributed by atoms with E-state index in [4.69, 9.17) is 4.18 Å². The maximum absolute atomic E-state index is 11.6.